The number of ether oxygens (including phenoxy) is 1. The summed E-state index contributed by atoms with van der Waals surface area (Å²) >= 11 is 1.68. The molecule has 0 amide bonds. The molecule has 1 aliphatic rings. The number of aromatic amines is 1. The Morgan fingerprint density at radius 2 is 2.38 bits per heavy atom. The first-order valence-electron chi connectivity index (χ1n) is 7.48. The van der Waals surface area contributed by atoms with Gasteiger partial charge in [-0.15, -0.1) is 11.3 Å². The summed E-state index contributed by atoms with van der Waals surface area (Å²) in [4.78, 5) is 6.84. The number of nitrogens with zero attached hydrogens (tertiary/aromatic N) is 1. The molecule has 0 spiro atoms. The number of aromatic nitrogens is 1. The van der Waals surface area contributed by atoms with E-state index < -0.39 is 6.10 Å². The van der Waals surface area contributed by atoms with Gasteiger partial charge in [-0.3, -0.25) is 4.90 Å². The van der Waals surface area contributed by atoms with Gasteiger partial charge in [0.15, 0.2) is 0 Å². The number of hydrogen-bond acceptors (Lipinski definition) is 4. The van der Waals surface area contributed by atoms with E-state index in [2.05, 4.69) is 22.0 Å². The maximum absolute atomic E-state index is 10.2. The lowest BCUT2D eigenvalue weighted by Gasteiger charge is -2.26. The molecule has 1 saturated heterocycles. The van der Waals surface area contributed by atoms with Crippen LogP contribution in [0.4, 0.5) is 0 Å². The summed E-state index contributed by atoms with van der Waals surface area (Å²) in [5, 5.41) is 12.2. The second-order valence-corrected chi connectivity index (χ2v) is 6.56. The third kappa shape index (κ3) is 3.95. The van der Waals surface area contributed by atoms with Gasteiger partial charge in [-0.2, -0.15) is 0 Å². The van der Waals surface area contributed by atoms with Crippen LogP contribution in [0, 0.1) is 0 Å². The summed E-state index contributed by atoms with van der Waals surface area (Å²) in [6, 6.07) is 8.64. The number of likely N-dealkylation sites (tertiary alicyclic amines) is 1. The molecular formula is C16H22N2O2S. The topological polar surface area (TPSA) is 48.5 Å². The summed E-state index contributed by atoms with van der Waals surface area (Å²) in [5.74, 6) is 0. The third-order valence-electron chi connectivity index (χ3n) is 3.92. The smallest absolute Gasteiger partial charge is 0.0900 e. The van der Waals surface area contributed by atoms with E-state index in [0.29, 0.717) is 25.8 Å². The largest absolute Gasteiger partial charge is 0.389 e. The van der Waals surface area contributed by atoms with Crippen molar-refractivity contribution in [2.45, 2.75) is 31.6 Å². The Bertz CT molecular complexity index is 512. The van der Waals surface area contributed by atoms with E-state index in [1.165, 1.54) is 17.0 Å². The molecule has 4 nitrogen and oxygen atoms in total. The highest BCUT2D eigenvalue weighted by Crippen LogP contribution is 2.30. The van der Waals surface area contributed by atoms with Gasteiger partial charge in [0.05, 0.1) is 19.3 Å². The zero-order valence-corrected chi connectivity index (χ0v) is 12.9. The molecule has 3 heterocycles. The van der Waals surface area contributed by atoms with Crippen LogP contribution in [0.5, 0.6) is 0 Å². The van der Waals surface area contributed by atoms with Crippen molar-refractivity contribution in [1.29, 1.82) is 0 Å². The van der Waals surface area contributed by atoms with E-state index in [1.54, 1.807) is 11.3 Å². The molecule has 2 atom stereocenters. The number of nitrogens with one attached hydrogen (secondary N) is 1. The van der Waals surface area contributed by atoms with E-state index in [4.69, 9.17) is 4.74 Å². The molecule has 2 aromatic heterocycles. The third-order valence-corrected chi connectivity index (χ3v) is 4.77. The minimum Gasteiger partial charge on any atom is -0.389 e. The fourth-order valence-electron chi connectivity index (χ4n) is 2.96. The number of rotatable bonds is 7. The van der Waals surface area contributed by atoms with Crippen molar-refractivity contribution >= 4 is 11.3 Å². The number of H-pyrrole nitrogens is 1. The van der Waals surface area contributed by atoms with Gasteiger partial charge in [0, 0.05) is 29.4 Å². The molecule has 2 aromatic rings. The summed E-state index contributed by atoms with van der Waals surface area (Å²) in [7, 11) is 0. The van der Waals surface area contributed by atoms with Crippen LogP contribution in [0.15, 0.2) is 35.8 Å². The highest BCUT2D eigenvalue weighted by Gasteiger charge is 2.28. The number of aliphatic hydroxyl groups excluding tert-OH is 1. The average Bonchev–Trinajstić information content (AvgIpc) is 3.20. The maximum atomic E-state index is 10.2. The van der Waals surface area contributed by atoms with Crippen LogP contribution < -0.4 is 0 Å². The van der Waals surface area contributed by atoms with E-state index in [-0.39, 0.29) is 0 Å². The molecule has 21 heavy (non-hydrogen) atoms. The fourth-order valence-corrected chi connectivity index (χ4v) is 3.60. The second-order valence-electron chi connectivity index (χ2n) is 5.53. The minimum atomic E-state index is -0.430. The van der Waals surface area contributed by atoms with E-state index in [1.807, 2.05) is 23.7 Å². The van der Waals surface area contributed by atoms with Crippen LogP contribution in [0.1, 0.15) is 29.5 Å². The van der Waals surface area contributed by atoms with Crippen molar-refractivity contribution in [3.63, 3.8) is 0 Å². The van der Waals surface area contributed by atoms with Gasteiger partial charge in [0.2, 0.25) is 0 Å². The molecule has 1 fully saturated rings. The molecule has 5 heteroatoms. The highest BCUT2D eigenvalue weighted by molar-refractivity contribution is 7.09. The lowest BCUT2D eigenvalue weighted by Crippen LogP contribution is -2.34. The van der Waals surface area contributed by atoms with Crippen molar-refractivity contribution < 1.29 is 9.84 Å². The van der Waals surface area contributed by atoms with Crippen LogP contribution >= 0.6 is 11.3 Å². The monoisotopic (exact) mass is 306 g/mol. The van der Waals surface area contributed by atoms with Gasteiger partial charge in [0.25, 0.3) is 0 Å². The molecule has 0 aromatic carbocycles. The SMILES string of the molecule is O[C@@H](COCc1cccs1)CN1CCC[C@H]1c1ccc[nH]1. The standard InChI is InChI=1S/C16H22N2O2S/c19-13(11-20-12-14-4-3-9-21-14)10-18-8-2-6-16(18)15-5-1-7-17-15/h1,3-5,7,9,13,16-17,19H,2,6,8,10-12H2/t13-,16+/m1/s1. The molecule has 0 bridgehead atoms. The van der Waals surface area contributed by atoms with Crippen LogP contribution in [0.25, 0.3) is 0 Å². The lowest BCUT2D eigenvalue weighted by atomic mass is 10.1. The predicted molar refractivity (Wildman–Crippen MR) is 84.3 cm³/mol. The molecule has 2 N–H and O–H groups in total. The van der Waals surface area contributed by atoms with Gasteiger partial charge < -0.3 is 14.8 Å². The molecule has 0 unspecified atom stereocenters. The van der Waals surface area contributed by atoms with Crippen molar-refractivity contribution in [1.82, 2.24) is 9.88 Å². The molecule has 0 saturated carbocycles. The number of thiophene rings is 1. The number of hydrogen-bond donors (Lipinski definition) is 2. The van der Waals surface area contributed by atoms with Gasteiger partial charge in [0.1, 0.15) is 0 Å². The predicted octanol–water partition coefficient (Wildman–Crippen LogP) is 2.79. The molecule has 1 aliphatic heterocycles. The van der Waals surface area contributed by atoms with E-state index >= 15 is 0 Å². The molecular weight excluding hydrogens is 284 g/mol. The van der Waals surface area contributed by atoms with E-state index in [0.717, 1.165) is 13.0 Å². The summed E-state index contributed by atoms with van der Waals surface area (Å²) in [6.45, 7) is 2.71. The second kappa shape index (κ2) is 7.22. The Balaban J connectivity index is 1.44. The molecule has 0 aliphatic carbocycles. The van der Waals surface area contributed by atoms with Crippen molar-refractivity contribution in [3.8, 4) is 0 Å². The van der Waals surface area contributed by atoms with Crippen molar-refractivity contribution in [2.24, 2.45) is 0 Å². The zero-order chi connectivity index (χ0) is 14.5. The highest BCUT2D eigenvalue weighted by atomic mass is 32.1. The number of aliphatic hydroxyl groups is 1. The first-order valence-corrected chi connectivity index (χ1v) is 8.36. The van der Waals surface area contributed by atoms with Gasteiger partial charge in [-0.05, 0) is 43.0 Å². The quantitative estimate of drug-likeness (QED) is 0.827. The Morgan fingerprint density at radius 1 is 1.43 bits per heavy atom. The summed E-state index contributed by atoms with van der Waals surface area (Å²) in [5.41, 5.74) is 1.25. The van der Waals surface area contributed by atoms with Gasteiger partial charge >= 0.3 is 0 Å². The molecule has 3 rings (SSSR count). The van der Waals surface area contributed by atoms with Crippen LogP contribution in [0.2, 0.25) is 0 Å². The summed E-state index contributed by atoms with van der Waals surface area (Å²) < 4.78 is 5.60. The van der Waals surface area contributed by atoms with Crippen molar-refractivity contribution in [3.05, 3.63) is 46.4 Å². The fraction of sp³-hybridized carbons (Fsp3) is 0.500. The Kier molecular flexibility index (Phi) is 5.08. The normalized spacial score (nSPS) is 20.9. The zero-order valence-electron chi connectivity index (χ0n) is 12.1. The van der Waals surface area contributed by atoms with E-state index in [9.17, 15) is 5.11 Å². The van der Waals surface area contributed by atoms with Crippen LogP contribution in [0.3, 0.4) is 0 Å². The van der Waals surface area contributed by atoms with Crippen molar-refractivity contribution in [2.75, 3.05) is 19.7 Å². The van der Waals surface area contributed by atoms with Crippen LogP contribution in [-0.4, -0.2) is 40.8 Å². The lowest BCUT2D eigenvalue weighted by molar-refractivity contribution is 0.00827. The Labute approximate surface area is 129 Å². The maximum Gasteiger partial charge on any atom is 0.0900 e. The molecule has 0 radical (unpaired) electrons. The minimum absolute atomic E-state index is 0.395. The first-order chi connectivity index (χ1) is 10.3. The Hall–Kier alpha value is -1.14. The Morgan fingerprint density at radius 3 is 3.14 bits per heavy atom. The average molecular weight is 306 g/mol. The van der Waals surface area contributed by atoms with Gasteiger partial charge in [-0.25, -0.2) is 0 Å². The van der Waals surface area contributed by atoms with Gasteiger partial charge in [-0.1, -0.05) is 6.07 Å². The van der Waals surface area contributed by atoms with Crippen LogP contribution in [-0.2, 0) is 11.3 Å². The first kappa shape index (κ1) is 14.8. The molecule has 114 valence electrons. The number of β-amino-alcohol motifs (C(OH)–C–C–N with tert-alkyl or cyclic N) is 1. The summed E-state index contributed by atoms with van der Waals surface area (Å²) in [6.07, 6.45) is 3.88.